The van der Waals surface area contributed by atoms with Gasteiger partial charge in [0, 0.05) is 6.54 Å². The second-order valence-corrected chi connectivity index (χ2v) is 6.55. The molecule has 0 heterocycles. The lowest BCUT2D eigenvalue weighted by molar-refractivity contribution is 0.555. The van der Waals surface area contributed by atoms with E-state index in [1.807, 2.05) is 0 Å². The summed E-state index contributed by atoms with van der Waals surface area (Å²) in [6.45, 7) is 8.93. The average Bonchev–Trinajstić information content (AvgIpc) is 2.49. The van der Waals surface area contributed by atoms with Crippen LogP contribution in [0.5, 0.6) is 0 Å². The van der Waals surface area contributed by atoms with Crippen molar-refractivity contribution >= 4 is 0 Å². The molecule has 0 aliphatic heterocycles. The first-order valence-corrected chi connectivity index (χ1v) is 9.03. The number of benzene rings is 1. The molecule has 0 fully saturated rings. The van der Waals surface area contributed by atoms with E-state index in [0.717, 1.165) is 13.1 Å². The van der Waals surface area contributed by atoms with E-state index in [4.69, 9.17) is 0 Å². The Kier molecular flexibility index (Phi) is 10.2. The molecule has 0 atom stereocenters. The maximum atomic E-state index is 3.56. The van der Waals surface area contributed by atoms with Crippen molar-refractivity contribution in [3.63, 3.8) is 0 Å². The molecule has 1 aromatic rings. The first kappa shape index (κ1) is 18.2. The minimum atomic E-state index is 0.629. The fourth-order valence-electron chi connectivity index (χ4n) is 2.64. The fourth-order valence-corrected chi connectivity index (χ4v) is 2.64. The van der Waals surface area contributed by atoms with Gasteiger partial charge in [0.2, 0.25) is 0 Å². The average molecular weight is 290 g/mol. The summed E-state index contributed by atoms with van der Waals surface area (Å²) in [4.78, 5) is 0. The van der Waals surface area contributed by atoms with E-state index in [1.54, 1.807) is 0 Å². The minimum absolute atomic E-state index is 0.629. The van der Waals surface area contributed by atoms with Crippen LogP contribution in [0.4, 0.5) is 0 Å². The summed E-state index contributed by atoms with van der Waals surface area (Å²) in [7, 11) is 0. The van der Waals surface area contributed by atoms with E-state index in [1.165, 1.54) is 62.5 Å². The Morgan fingerprint density at radius 3 is 1.95 bits per heavy atom. The number of unbranched alkanes of at least 4 members (excludes halogenated alkanes) is 7. The molecular formula is C20H35N. The zero-order valence-corrected chi connectivity index (χ0v) is 14.5. The van der Waals surface area contributed by atoms with Crippen molar-refractivity contribution in [2.24, 2.45) is 0 Å². The zero-order chi connectivity index (χ0) is 15.3. The van der Waals surface area contributed by atoms with E-state index in [2.05, 4.69) is 50.4 Å². The molecule has 0 aliphatic rings. The Labute approximate surface area is 132 Å². The predicted molar refractivity (Wildman–Crippen MR) is 94.8 cm³/mol. The van der Waals surface area contributed by atoms with Gasteiger partial charge in [-0.05, 0) is 30.0 Å². The van der Waals surface area contributed by atoms with Crippen LogP contribution in [0.1, 0.15) is 89.2 Å². The highest BCUT2D eigenvalue weighted by molar-refractivity contribution is 5.24. The second-order valence-electron chi connectivity index (χ2n) is 6.55. The van der Waals surface area contributed by atoms with Gasteiger partial charge in [0.05, 0.1) is 0 Å². The van der Waals surface area contributed by atoms with Crippen molar-refractivity contribution in [2.75, 3.05) is 6.54 Å². The second kappa shape index (κ2) is 11.8. The normalized spacial score (nSPS) is 11.2. The lowest BCUT2D eigenvalue weighted by Crippen LogP contribution is -2.14. The summed E-state index contributed by atoms with van der Waals surface area (Å²) in [6, 6.07) is 9.04. The van der Waals surface area contributed by atoms with Crippen LogP contribution in [0, 0.1) is 0 Å². The predicted octanol–water partition coefficient (Wildman–Crippen LogP) is 6.04. The van der Waals surface area contributed by atoms with E-state index in [0.29, 0.717) is 5.92 Å². The standard InChI is InChI=1S/C20H35N/c1-4-5-6-7-8-9-10-11-16-21-17-19-12-14-20(15-13-19)18(2)3/h12-15,18,21H,4-11,16-17H2,1-3H3. The fraction of sp³-hybridized carbons (Fsp3) is 0.700. The molecule has 21 heavy (non-hydrogen) atoms. The van der Waals surface area contributed by atoms with Gasteiger partial charge in [-0.25, -0.2) is 0 Å². The van der Waals surface area contributed by atoms with Crippen molar-refractivity contribution < 1.29 is 0 Å². The Bertz CT molecular complexity index is 339. The Hall–Kier alpha value is -0.820. The Balaban J connectivity index is 1.96. The van der Waals surface area contributed by atoms with Crippen LogP contribution < -0.4 is 5.32 Å². The zero-order valence-electron chi connectivity index (χ0n) is 14.5. The van der Waals surface area contributed by atoms with Gasteiger partial charge < -0.3 is 5.32 Å². The Morgan fingerprint density at radius 2 is 1.38 bits per heavy atom. The smallest absolute Gasteiger partial charge is 0.0205 e. The van der Waals surface area contributed by atoms with Crippen LogP contribution in [-0.2, 0) is 6.54 Å². The summed E-state index contributed by atoms with van der Waals surface area (Å²) < 4.78 is 0. The summed E-state index contributed by atoms with van der Waals surface area (Å²) in [5, 5.41) is 3.56. The molecule has 1 nitrogen and oxygen atoms in total. The van der Waals surface area contributed by atoms with Gasteiger partial charge >= 0.3 is 0 Å². The maximum Gasteiger partial charge on any atom is 0.0205 e. The number of hydrogen-bond acceptors (Lipinski definition) is 1. The molecule has 0 unspecified atom stereocenters. The highest BCUT2D eigenvalue weighted by Crippen LogP contribution is 2.14. The molecule has 120 valence electrons. The summed E-state index contributed by atoms with van der Waals surface area (Å²) in [6.07, 6.45) is 11.2. The number of rotatable bonds is 12. The van der Waals surface area contributed by atoms with Crippen molar-refractivity contribution in [2.45, 2.75) is 84.6 Å². The van der Waals surface area contributed by atoms with E-state index >= 15 is 0 Å². The van der Waals surface area contributed by atoms with Gasteiger partial charge in [0.25, 0.3) is 0 Å². The third-order valence-corrected chi connectivity index (χ3v) is 4.18. The van der Waals surface area contributed by atoms with Gasteiger partial charge in [-0.1, -0.05) is 90.0 Å². The summed E-state index contributed by atoms with van der Waals surface area (Å²) >= 11 is 0. The highest BCUT2D eigenvalue weighted by Gasteiger charge is 1.98. The summed E-state index contributed by atoms with van der Waals surface area (Å²) in [5.41, 5.74) is 2.83. The molecule has 1 rings (SSSR count). The third kappa shape index (κ3) is 8.93. The molecule has 0 saturated heterocycles. The number of nitrogens with one attached hydrogen (secondary N) is 1. The molecule has 0 radical (unpaired) electrons. The highest BCUT2D eigenvalue weighted by atomic mass is 14.8. The molecule has 0 saturated carbocycles. The van der Waals surface area contributed by atoms with Crippen molar-refractivity contribution in [1.29, 1.82) is 0 Å². The molecule has 0 aliphatic carbocycles. The molecule has 0 amide bonds. The van der Waals surface area contributed by atoms with Crippen LogP contribution in [-0.4, -0.2) is 6.54 Å². The van der Waals surface area contributed by atoms with Gasteiger partial charge in [-0.15, -0.1) is 0 Å². The maximum absolute atomic E-state index is 3.56. The minimum Gasteiger partial charge on any atom is -0.313 e. The first-order valence-electron chi connectivity index (χ1n) is 9.03. The van der Waals surface area contributed by atoms with Crippen LogP contribution >= 0.6 is 0 Å². The summed E-state index contributed by atoms with van der Waals surface area (Å²) in [5.74, 6) is 0.629. The van der Waals surface area contributed by atoms with Crippen molar-refractivity contribution in [3.8, 4) is 0 Å². The van der Waals surface area contributed by atoms with Gasteiger partial charge in [0.15, 0.2) is 0 Å². The number of hydrogen-bond donors (Lipinski definition) is 1. The SMILES string of the molecule is CCCCCCCCCCNCc1ccc(C(C)C)cc1. The van der Waals surface area contributed by atoms with Crippen LogP contribution in [0.15, 0.2) is 24.3 Å². The van der Waals surface area contributed by atoms with Crippen LogP contribution in [0.2, 0.25) is 0 Å². The molecule has 0 spiro atoms. The van der Waals surface area contributed by atoms with Crippen LogP contribution in [0.25, 0.3) is 0 Å². The van der Waals surface area contributed by atoms with Crippen molar-refractivity contribution in [3.05, 3.63) is 35.4 Å². The molecule has 0 bridgehead atoms. The molecule has 1 N–H and O–H groups in total. The topological polar surface area (TPSA) is 12.0 Å². The molecular weight excluding hydrogens is 254 g/mol. The van der Waals surface area contributed by atoms with Gasteiger partial charge in [-0.2, -0.15) is 0 Å². The van der Waals surface area contributed by atoms with Crippen LogP contribution in [0.3, 0.4) is 0 Å². The lowest BCUT2D eigenvalue weighted by Gasteiger charge is -2.08. The van der Waals surface area contributed by atoms with E-state index in [-0.39, 0.29) is 0 Å². The van der Waals surface area contributed by atoms with Gasteiger partial charge in [0.1, 0.15) is 0 Å². The van der Waals surface area contributed by atoms with Crippen molar-refractivity contribution in [1.82, 2.24) is 5.32 Å². The third-order valence-electron chi connectivity index (χ3n) is 4.18. The Morgan fingerprint density at radius 1 is 0.810 bits per heavy atom. The molecule has 1 heteroatoms. The quantitative estimate of drug-likeness (QED) is 0.462. The first-order chi connectivity index (χ1) is 10.2. The van der Waals surface area contributed by atoms with E-state index in [9.17, 15) is 0 Å². The molecule has 1 aromatic carbocycles. The van der Waals surface area contributed by atoms with Gasteiger partial charge in [-0.3, -0.25) is 0 Å². The lowest BCUT2D eigenvalue weighted by atomic mass is 10.0. The monoisotopic (exact) mass is 289 g/mol. The van der Waals surface area contributed by atoms with E-state index < -0.39 is 0 Å². The largest absolute Gasteiger partial charge is 0.313 e. The molecule has 0 aromatic heterocycles.